The summed E-state index contributed by atoms with van der Waals surface area (Å²) in [6.07, 6.45) is 2.82. The molecule has 0 aromatic carbocycles. The molecule has 3 aromatic heterocycles. The number of methoxy groups -OCH3 is 2. The molecule has 9 heteroatoms. The molecule has 0 radical (unpaired) electrons. The number of nitrogens with one attached hydrogen (secondary N) is 1. The molecule has 24 heavy (non-hydrogen) atoms. The normalized spacial score (nSPS) is 10.7. The van der Waals surface area contributed by atoms with Crippen LogP contribution in [0.5, 0.6) is 11.8 Å². The van der Waals surface area contributed by atoms with Crippen LogP contribution in [0.25, 0.3) is 11.0 Å². The van der Waals surface area contributed by atoms with Gasteiger partial charge < -0.3 is 14.8 Å². The fourth-order valence-corrected chi connectivity index (χ4v) is 2.43. The zero-order valence-electron chi connectivity index (χ0n) is 13.7. The van der Waals surface area contributed by atoms with Gasteiger partial charge in [-0.05, 0) is 13.0 Å². The van der Waals surface area contributed by atoms with Crippen LogP contribution in [0.15, 0.2) is 18.6 Å². The average Bonchev–Trinajstić information content (AvgIpc) is 2.87. The van der Waals surface area contributed by atoms with Crippen molar-refractivity contribution in [3.8, 4) is 11.8 Å². The predicted molar refractivity (Wildman–Crippen MR) is 86.3 cm³/mol. The molecule has 0 bridgehead atoms. The first-order chi connectivity index (χ1) is 11.5. The number of hydrogen-bond donors (Lipinski definition) is 1. The van der Waals surface area contributed by atoms with Gasteiger partial charge in [-0.1, -0.05) is 0 Å². The lowest BCUT2D eigenvalue weighted by atomic mass is 10.2. The van der Waals surface area contributed by atoms with Gasteiger partial charge in [-0.3, -0.25) is 9.48 Å². The van der Waals surface area contributed by atoms with Crippen molar-refractivity contribution < 1.29 is 14.3 Å². The van der Waals surface area contributed by atoms with Crippen molar-refractivity contribution in [2.75, 3.05) is 19.5 Å². The molecule has 9 nitrogen and oxygen atoms in total. The van der Waals surface area contributed by atoms with Gasteiger partial charge >= 0.3 is 0 Å². The summed E-state index contributed by atoms with van der Waals surface area (Å²) in [4.78, 5) is 24.8. The molecular formula is C15H16N6O3. The summed E-state index contributed by atoms with van der Waals surface area (Å²) < 4.78 is 11.9. The van der Waals surface area contributed by atoms with E-state index >= 15 is 0 Å². The van der Waals surface area contributed by atoms with Gasteiger partial charge in [-0.25, -0.2) is 15.0 Å². The smallest absolute Gasteiger partial charge is 0.266 e. The summed E-state index contributed by atoms with van der Waals surface area (Å²) >= 11 is 0. The second-order valence-corrected chi connectivity index (χ2v) is 5.03. The van der Waals surface area contributed by atoms with Gasteiger partial charge in [0.05, 0.1) is 31.8 Å². The number of ether oxygens (including phenoxy) is 2. The Hall–Kier alpha value is -3.23. The van der Waals surface area contributed by atoms with Crippen LogP contribution in [0.1, 0.15) is 16.1 Å². The molecule has 0 atom stereocenters. The van der Waals surface area contributed by atoms with Crippen LogP contribution >= 0.6 is 0 Å². The maximum Gasteiger partial charge on any atom is 0.266 e. The lowest BCUT2D eigenvalue weighted by molar-refractivity contribution is 0.101. The minimum absolute atomic E-state index is 0.116. The van der Waals surface area contributed by atoms with E-state index in [-0.39, 0.29) is 17.3 Å². The minimum Gasteiger partial charge on any atom is -0.480 e. The highest BCUT2D eigenvalue weighted by Gasteiger charge is 2.21. The van der Waals surface area contributed by atoms with Crippen molar-refractivity contribution in [3.05, 3.63) is 29.8 Å². The molecule has 0 spiro atoms. The maximum absolute atomic E-state index is 12.6. The fraction of sp³-hybridized carbons (Fsp3) is 0.267. The Morgan fingerprint density at radius 3 is 2.46 bits per heavy atom. The third-order valence-corrected chi connectivity index (χ3v) is 3.51. The minimum atomic E-state index is -0.452. The Kier molecular flexibility index (Phi) is 3.98. The number of amides is 1. The molecule has 1 amide bonds. The quantitative estimate of drug-likeness (QED) is 0.770. The SMILES string of the molecule is COc1ncnc(OC)c1C(=O)Nc1cnc2c(c1)c(C)nn2C. The average molecular weight is 328 g/mol. The second-order valence-electron chi connectivity index (χ2n) is 5.03. The number of nitrogens with zero attached hydrogens (tertiary/aromatic N) is 5. The van der Waals surface area contributed by atoms with Crippen LogP contribution in [0.2, 0.25) is 0 Å². The van der Waals surface area contributed by atoms with Crippen LogP contribution < -0.4 is 14.8 Å². The van der Waals surface area contributed by atoms with Gasteiger partial charge in [0.2, 0.25) is 11.8 Å². The molecule has 3 rings (SSSR count). The molecular weight excluding hydrogens is 312 g/mol. The Bertz CT molecular complexity index is 899. The van der Waals surface area contributed by atoms with E-state index in [2.05, 4.69) is 25.4 Å². The number of fused-ring (bicyclic) bond motifs is 1. The monoisotopic (exact) mass is 328 g/mol. The molecule has 0 unspecified atom stereocenters. The first-order valence-electron chi connectivity index (χ1n) is 7.08. The Morgan fingerprint density at radius 2 is 1.83 bits per heavy atom. The zero-order chi connectivity index (χ0) is 17.3. The van der Waals surface area contributed by atoms with Crippen LogP contribution in [-0.4, -0.2) is 44.9 Å². The van der Waals surface area contributed by atoms with Gasteiger partial charge in [0.1, 0.15) is 6.33 Å². The number of carbonyl (C=O) groups excluding carboxylic acids is 1. The topological polar surface area (TPSA) is 104 Å². The summed E-state index contributed by atoms with van der Waals surface area (Å²) in [5.41, 5.74) is 2.21. The van der Waals surface area contributed by atoms with Gasteiger partial charge in [0.25, 0.3) is 5.91 Å². The molecule has 3 heterocycles. The van der Waals surface area contributed by atoms with Gasteiger partial charge in [-0.2, -0.15) is 5.10 Å². The van der Waals surface area contributed by atoms with E-state index in [0.717, 1.165) is 16.7 Å². The van der Waals surface area contributed by atoms with E-state index in [0.29, 0.717) is 5.69 Å². The van der Waals surface area contributed by atoms with E-state index in [1.165, 1.54) is 20.5 Å². The fourth-order valence-electron chi connectivity index (χ4n) is 2.43. The summed E-state index contributed by atoms with van der Waals surface area (Å²) in [5, 5.41) is 7.92. The highest BCUT2D eigenvalue weighted by Crippen LogP contribution is 2.25. The van der Waals surface area contributed by atoms with Crippen molar-refractivity contribution in [1.82, 2.24) is 24.7 Å². The van der Waals surface area contributed by atoms with Crippen molar-refractivity contribution in [3.63, 3.8) is 0 Å². The molecule has 0 saturated heterocycles. The van der Waals surface area contributed by atoms with Crippen molar-refractivity contribution in [2.45, 2.75) is 6.92 Å². The standard InChI is InChI=1S/C15H16N6O3/c1-8-10-5-9(6-16-12(10)21(2)20-8)19-13(22)11-14(23-3)17-7-18-15(11)24-4/h5-7H,1-4H3,(H,19,22). The lowest BCUT2D eigenvalue weighted by Crippen LogP contribution is -2.16. The van der Waals surface area contributed by atoms with E-state index < -0.39 is 5.91 Å². The zero-order valence-corrected chi connectivity index (χ0v) is 13.7. The largest absolute Gasteiger partial charge is 0.480 e. The van der Waals surface area contributed by atoms with Crippen LogP contribution in [0, 0.1) is 6.92 Å². The van der Waals surface area contributed by atoms with Gasteiger partial charge in [0, 0.05) is 12.4 Å². The molecule has 0 aliphatic rings. The number of anilines is 1. The van der Waals surface area contributed by atoms with Crippen molar-refractivity contribution in [2.24, 2.45) is 7.05 Å². The number of hydrogen-bond acceptors (Lipinski definition) is 7. The molecule has 124 valence electrons. The summed E-state index contributed by atoms with van der Waals surface area (Å²) in [7, 11) is 4.66. The Balaban J connectivity index is 1.97. The number of aromatic nitrogens is 5. The van der Waals surface area contributed by atoms with Crippen LogP contribution in [0.3, 0.4) is 0 Å². The lowest BCUT2D eigenvalue weighted by Gasteiger charge is -2.11. The van der Waals surface area contributed by atoms with Crippen LogP contribution in [0.4, 0.5) is 5.69 Å². The number of rotatable bonds is 4. The van der Waals surface area contributed by atoms with Gasteiger partial charge in [0.15, 0.2) is 11.2 Å². The maximum atomic E-state index is 12.6. The third-order valence-electron chi connectivity index (χ3n) is 3.51. The Morgan fingerprint density at radius 1 is 1.17 bits per heavy atom. The molecule has 0 fully saturated rings. The molecule has 0 aliphatic heterocycles. The molecule has 0 saturated carbocycles. The van der Waals surface area contributed by atoms with Gasteiger partial charge in [-0.15, -0.1) is 0 Å². The van der Waals surface area contributed by atoms with E-state index in [4.69, 9.17) is 9.47 Å². The second kappa shape index (κ2) is 6.11. The number of pyridine rings is 1. The predicted octanol–water partition coefficient (Wildman–Crippen LogP) is 1.34. The first-order valence-corrected chi connectivity index (χ1v) is 7.08. The molecule has 0 aliphatic carbocycles. The summed E-state index contributed by atoms with van der Waals surface area (Å²) in [5.74, 6) is -0.191. The number of carbonyl (C=O) groups is 1. The third kappa shape index (κ3) is 2.60. The first kappa shape index (κ1) is 15.7. The highest BCUT2D eigenvalue weighted by atomic mass is 16.5. The molecule has 1 N–H and O–H groups in total. The van der Waals surface area contributed by atoms with E-state index in [1.54, 1.807) is 10.9 Å². The summed E-state index contributed by atoms with van der Waals surface area (Å²) in [6, 6.07) is 1.81. The Labute approximate surface area is 137 Å². The van der Waals surface area contributed by atoms with Crippen molar-refractivity contribution in [1.29, 1.82) is 0 Å². The highest BCUT2D eigenvalue weighted by molar-refractivity contribution is 6.07. The van der Waals surface area contributed by atoms with Crippen LogP contribution in [-0.2, 0) is 7.05 Å². The van der Waals surface area contributed by atoms with E-state index in [1.807, 2.05) is 20.0 Å². The number of aryl methyl sites for hydroxylation is 2. The van der Waals surface area contributed by atoms with E-state index in [9.17, 15) is 4.79 Å². The molecule has 3 aromatic rings. The van der Waals surface area contributed by atoms with Crippen molar-refractivity contribution >= 4 is 22.6 Å². The summed E-state index contributed by atoms with van der Waals surface area (Å²) in [6.45, 7) is 1.88.